The zero-order chi connectivity index (χ0) is 13.8. The van der Waals surface area contributed by atoms with Crippen LogP contribution in [0.3, 0.4) is 0 Å². The molecule has 0 fully saturated rings. The summed E-state index contributed by atoms with van der Waals surface area (Å²) in [5, 5.41) is 0. The first-order chi connectivity index (χ1) is 9.33. The second-order valence-electron chi connectivity index (χ2n) is 4.31. The second-order valence-corrected chi connectivity index (χ2v) is 4.55. The number of unbranched alkanes of at least 4 members (excludes halogenated alkanes) is 3. The molecule has 0 radical (unpaired) electrons. The number of hydroxylamine groups is 1. The van der Waals surface area contributed by atoms with Crippen LogP contribution < -0.4 is 5.48 Å². The lowest BCUT2D eigenvalue weighted by Crippen LogP contribution is -2.23. The molecule has 0 bridgehead atoms. The van der Waals surface area contributed by atoms with Crippen molar-refractivity contribution in [1.29, 1.82) is 0 Å². The Morgan fingerprint density at radius 1 is 1.16 bits per heavy atom. The van der Waals surface area contributed by atoms with Crippen LogP contribution in [0.5, 0.6) is 0 Å². The predicted molar refractivity (Wildman–Crippen MR) is 76.5 cm³/mol. The molecule has 5 heteroatoms. The van der Waals surface area contributed by atoms with E-state index in [1.165, 1.54) is 0 Å². The Morgan fingerprint density at radius 2 is 1.89 bits per heavy atom. The van der Waals surface area contributed by atoms with Gasteiger partial charge in [-0.2, -0.15) is 0 Å². The molecule has 1 rings (SSSR count). The van der Waals surface area contributed by atoms with E-state index in [1.54, 1.807) is 0 Å². The van der Waals surface area contributed by atoms with Crippen LogP contribution in [-0.2, 0) is 16.2 Å². The number of rotatable bonds is 10. The molecule has 0 aliphatic heterocycles. The summed E-state index contributed by atoms with van der Waals surface area (Å²) in [7, 11) is 0. The fourth-order valence-corrected chi connectivity index (χ4v) is 1.76. The molecule has 0 saturated heterocycles. The molecule has 106 valence electrons. The molecule has 0 spiro atoms. The standard InChI is InChI=1S/C14H20ClN2O2/c15-16-11-7-2-1-6-10-14(18)17-19-12-13-8-4-3-5-9-13/h3-5,8-9H,1-2,6-7,10-12H2,(H,17,18)/q-1. The second kappa shape index (κ2) is 10.8. The molecule has 0 atom stereocenters. The van der Waals surface area contributed by atoms with Crippen LogP contribution in [0.1, 0.15) is 37.7 Å². The third kappa shape index (κ3) is 8.59. The smallest absolute Gasteiger partial charge is 0.243 e. The van der Waals surface area contributed by atoms with Crippen LogP contribution in [0, 0.1) is 0 Å². The molecule has 1 N–H and O–H groups in total. The number of benzene rings is 1. The van der Waals surface area contributed by atoms with Gasteiger partial charge in [-0.3, -0.25) is 21.4 Å². The van der Waals surface area contributed by atoms with Crippen LogP contribution in [0.25, 0.3) is 4.84 Å². The summed E-state index contributed by atoms with van der Waals surface area (Å²) in [6.45, 7) is 1.08. The Hall–Kier alpha value is -1.10. The molecular weight excluding hydrogens is 264 g/mol. The minimum absolute atomic E-state index is 0.0713. The summed E-state index contributed by atoms with van der Waals surface area (Å²) in [6.07, 6.45) is 4.40. The number of hydrogen-bond acceptors (Lipinski definition) is 2. The van der Waals surface area contributed by atoms with E-state index in [1.807, 2.05) is 30.3 Å². The van der Waals surface area contributed by atoms with Crippen LogP contribution in [0.15, 0.2) is 30.3 Å². The quantitative estimate of drug-likeness (QED) is 0.526. The molecule has 4 nitrogen and oxygen atoms in total. The summed E-state index contributed by atoms with van der Waals surface area (Å²) in [5.74, 6) is -0.0713. The summed E-state index contributed by atoms with van der Waals surface area (Å²) < 4.78 is 0. The highest BCUT2D eigenvalue weighted by Gasteiger charge is 2.00. The van der Waals surface area contributed by atoms with Gasteiger partial charge in [0.05, 0.1) is 6.61 Å². The summed E-state index contributed by atoms with van der Waals surface area (Å²) in [6, 6.07) is 9.73. The Bertz CT molecular complexity index is 347. The number of nitrogens with one attached hydrogen (secondary N) is 1. The monoisotopic (exact) mass is 283 g/mol. The fourth-order valence-electron chi connectivity index (χ4n) is 1.64. The molecule has 0 unspecified atom stereocenters. The molecule has 1 aromatic rings. The van der Waals surface area contributed by atoms with Gasteiger partial charge in [-0.15, -0.1) is 6.54 Å². The number of halogens is 1. The Balaban J connectivity index is 1.96. The minimum Gasteiger partial charge on any atom is -0.575 e. The lowest BCUT2D eigenvalue weighted by Gasteiger charge is -2.08. The highest BCUT2D eigenvalue weighted by atomic mass is 35.5. The van der Waals surface area contributed by atoms with Crippen LogP contribution in [0.4, 0.5) is 0 Å². The van der Waals surface area contributed by atoms with Gasteiger partial charge in [0.2, 0.25) is 5.91 Å². The van der Waals surface area contributed by atoms with E-state index >= 15 is 0 Å². The number of carbonyl (C=O) groups excluding carboxylic acids is 1. The Labute approximate surface area is 119 Å². The number of amides is 1. The molecule has 0 aliphatic carbocycles. The molecule has 0 heterocycles. The molecule has 0 saturated carbocycles. The van der Waals surface area contributed by atoms with E-state index in [-0.39, 0.29) is 5.91 Å². The van der Waals surface area contributed by atoms with Crippen molar-refractivity contribution in [3.05, 3.63) is 40.7 Å². The highest BCUT2D eigenvalue weighted by molar-refractivity contribution is 6.24. The molecule has 19 heavy (non-hydrogen) atoms. The van der Waals surface area contributed by atoms with Gasteiger partial charge in [-0.25, -0.2) is 5.48 Å². The van der Waals surface area contributed by atoms with Gasteiger partial charge in [0.25, 0.3) is 0 Å². The average Bonchev–Trinajstić information content (AvgIpc) is 2.44. The summed E-state index contributed by atoms with van der Waals surface area (Å²) >= 11 is 5.22. The molecule has 1 aromatic carbocycles. The van der Waals surface area contributed by atoms with E-state index in [2.05, 4.69) is 10.3 Å². The van der Waals surface area contributed by atoms with Gasteiger partial charge in [-0.1, -0.05) is 49.6 Å². The zero-order valence-electron chi connectivity index (χ0n) is 11.0. The van der Waals surface area contributed by atoms with Gasteiger partial charge in [0.15, 0.2) is 0 Å². The van der Waals surface area contributed by atoms with Crippen molar-refractivity contribution >= 4 is 17.7 Å². The third-order valence-electron chi connectivity index (χ3n) is 2.66. The molecule has 1 amide bonds. The van der Waals surface area contributed by atoms with E-state index in [9.17, 15) is 4.79 Å². The van der Waals surface area contributed by atoms with E-state index < -0.39 is 0 Å². The normalized spacial score (nSPS) is 10.4. The van der Waals surface area contributed by atoms with Crippen molar-refractivity contribution in [2.24, 2.45) is 0 Å². The van der Waals surface area contributed by atoms with Crippen LogP contribution in [-0.4, -0.2) is 12.5 Å². The maximum absolute atomic E-state index is 11.4. The maximum Gasteiger partial charge on any atom is 0.243 e. The first kappa shape index (κ1) is 16.0. The summed E-state index contributed by atoms with van der Waals surface area (Å²) in [5.41, 5.74) is 3.49. The molecule has 0 aliphatic rings. The number of carbonyl (C=O) groups is 1. The van der Waals surface area contributed by atoms with Crippen molar-refractivity contribution < 1.29 is 9.63 Å². The van der Waals surface area contributed by atoms with E-state index in [0.29, 0.717) is 19.6 Å². The predicted octanol–water partition coefficient (Wildman–Crippen LogP) is 3.71. The van der Waals surface area contributed by atoms with Gasteiger partial charge < -0.3 is 4.84 Å². The van der Waals surface area contributed by atoms with Crippen molar-refractivity contribution in [3.8, 4) is 0 Å². The van der Waals surface area contributed by atoms with Crippen LogP contribution in [0.2, 0.25) is 0 Å². The van der Waals surface area contributed by atoms with Gasteiger partial charge >= 0.3 is 0 Å². The number of nitrogens with zero attached hydrogens (tertiary/aromatic N) is 1. The van der Waals surface area contributed by atoms with Crippen LogP contribution >= 0.6 is 11.8 Å². The Kier molecular flexibility index (Phi) is 9.06. The summed E-state index contributed by atoms with van der Waals surface area (Å²) in [4.78, 5) is 20.1. The number of hydrogen-bond donors (Lipinski definition) is 1. The Morgan fingerprint density at radius 3 is 2.63 bits per heavy atom. The molecular formula is C14H20ClN2O2-. The first-order valence-electron chi connectivity index (χ1n) is 6.55. The van der Waals surface area contributed by atoms with Crippen molar-refractivity contribution in [1.82, 2.24) is 5.48 Å². The highest BCUT2D eigenvalue weighted by Crippen LogP contribution is 2.06. The van der Waals surface area contributed by atoms with Gasteiger partial charge in [-0.05, 0) is 12.0 Å². The minimum atomic E-state index is -0.0713. The van der Waals surface area contributed by atoms with Gasteiger partial charge in [0.1, 0.15) is 0 Å². The average molecular weight is 284 g/mol. The topological polar surface area (TPSA) is 52.4 Å². The SMILES string of the molecule is O=C(CCCCCC[N-]Cl)NOCc1ccccc1. The van der Waals surface area contributed by atoms with E-state index in [4.69, 9.17) is 16.6 Å². The lowest BCUT2D eigenvalue weighted by molar-refractivity contribution is -0.134. The van der Waals surface area contributed by atoms with Crippen molar-refractivity contribution in [2.45, 2.75) is 38.7 Å². The third-order valence-corrected chi connectivity index (χ3v) is 2.83. The van der Waals surface area contributed by atoms with Crippen molar-refractivity contribution in [3.63, 3.8) is 0 Å². The van der Waals surface area contributed by atoms with E-state index in [0.717, 1.165) is 31.2 Å². The van der Waals surface area contributed by atoms with Gasteiger partial charge in [0, 0.05) is 6.42 Å². The lowest BCUT2D eigenvalue weighted by atomic mass is 10.1. The first-order valence-corrected chi connectivity index (χ1v) is 6.89. The van der Waals surface area contributed by atoms with Crippen molar-refractivity contribution in [2.75, 3.05) is 6.54 Å². The maximum atomic E-state index is 11.4. The fraction of sp³-hybridized carbons (Fsp3) is 0.500. The zero-order valence-corrected chi connectivity index (χ0v) is 11.7. The largest absolute Gasteiger partial charge is 0.575 e. The molecule has 0 aromatic heterocycles.